The van der Waals surface area contributed by atoms with E-state index < -0.39 is 83.3 Å². The average molecular weight is 1740 g/mol. The number of carboxylic acids is 1. The number of para-hydroxylation sites is 12. The Morgan fingerprint density at radius 3 is 1.19 bits per heavy atom. The van der Waals surface area contributed by atoms with Crippen molar-refractivity contribution >= 4 is 41.3 Å². The number of halogens is 2. The molecule has 13 aromatic rings. The number of ether oxygens (including phenoxy) is 7. The van der Waals surface area contributed by atoms with Gasteiger partial charge in [-0.3, -0.25) is 28.8 Å². The van der Waals surface area contributed by atoms with Crippen molar-refractivity contribution < 1.29 is 158 Å². The summed E-state index contributed by atoms with van der Waals surface area (Å²) in [7, 11) is 0. The SMILES string of the molecule is N#Cc1cccc(F)c1F.N#Cc1cccc2c1Oc1ccccc1O2.NC(=O)C(=O)C(Cc1ccccc1)NC(=O)c1cccc2c1Oc1ccccc1O2.NC(=O)C(O)C(Cc1ccccc1)NC(=O)c1cccc2c1Oc1ccccc1O2.NC(=O)C(O)C(N)Cc1ccccc1.O=C(O)c1cccc2c1Cc1ccccc1O2.Oc1ccccc1O.[K+].[OH-]. The van der Waals surface area contributed by atoms with E-state index in [1.54, 1.807) is 146 Å². The number of hydrogen-bond donors (Lipinski definition) is 11. The van der Waals surface area contributed by atoms with E-state index in [0.717, 1.165) is 39.6 Å². The van der Waals surface area contributed by atoms with Crippen LogP contribution in [-0.2, 0) is 44.9 Å². The quantitative estimate of drug-likeness (QED) is 0.0229. The summed E-state index contributed by atoms with van der Waals surface area (Å²) in [6, 6.07) is 87.7. The molecular formula is C96H79F2KN8O20. The van der Waals surface area contributed by atoms with Crippen molar-refractivity contribution in [1.29, 1.82) is 10.5 Å². The summed E-state index contributed by atoms with van der Waals surface area (Å²) in [6.45, 7) is 0. The van der Waals surface area contributed by atoms with E-state index in [0.29, 0.717) is 87.2 Å². The molecule has 5 atom stereocenters. The summed E-state index contributed by atoms with van der Waals surface area (Å²) < 4.78 is 65.1. The normalized spacial score (nSPS) is 12.1. The van der Waals surface area contributed by atoms with Crippen LogP contribution in [0.15, 0.2) is 303 Å². The second-order valence-electron chi connectivity index (χ2n) is 27.4. The fraction of sp³-hybridized carbons (Fsp3) is 0.0938. The van der Waals surface area contributed by atoms with E-state index in [4.69, 9.17) is 81.9 Å². The van der Waals surface area contributed by atoms with Crippen LogP contribution in [0.1, 0.15) is 70.0 Å². The fourth-order valence-corrected chi connectivity index (χ4v) is 12.5. The summed E-state index contributed by atoms with van der Waals surface area (Å²) in [5, 5.41) is 68.5. The topological polar surface area (TPSA) is 491 Å². The molecule has 638 valence electrons. The number of phenolic OH excluding ortho intramolecular Hbond substituents is 2. The molecule has 13 aromatic carbocycles. The molecule has 0 radical (unpaired) electrons. The van der Waals surface area contributed by atoms with Gasteiger partial charge in [0, 0.05) is 24.4 Å². The molecule has 5 unspecified atom stereocenters. The Labute approximate surface area is 768 Å². The van der Waals surface area contributed by atoms with Crippen molar-refractivity contribution in [3.8, 4) is 104 Å². The second-order valence-corrected chi connectivity index (χ2v) is 27.4. The first-order valence-corrected chi connectivity index (χ1v) is 38.2. The van der Waals surface area contributed by atoms with Gasteiger partial charge < -0.3 is 97.7 Å². The first-order chi connectivity index (χ1) is 60.4. The number of benzene rings is 13. The molecule has 5 amide bonds. The third-order valence-corrected chi connectivity index (χ3v) is 18.7. The van der Waals surface area contributed by atoms with Gasteiger partial charge in [0.2, 0.25) is 17.6 Å². The Hall–Kier alpha value is -15.1. The second kappa shape index (κ2) is 46.4. The van der Waals surface area contributed by atoms with E-state index in [-0.39, 0.29) is 109 Å². The number of fused-ring (bicyclic) bond motifs is 8. The molecule has 4 aliphatic rings. The van der Waals surface area contributed by atoms with Crippen LogP contribution in [0.2, 0.25) is 0 Å². The van der Waals surface area contributed by atoms with Gasteiger partial charge in [0.15, 0.2) is 98.2 Å². The molecule has 4 aliphatic heterocycles. The number of nitriles is 2. The van der Waals surface area contributed by atoms with Gasteiger partial charge >= 0.3 is 57.4 Å². The number of aromatic hydroxyl groups is 2. The minimum Gasteiger partial charge on any atom is -0.870 e. The number of Topliss-reactive ketones (excluding diaryl/α,β-unsaturated/α-hetero) is 1. The number of aliphatic hydroxyl groups excluding tert-OH is 2. The third kappa shape index (κ3) is 25.8. The maximum absolute atomic E-state index is 13.0. The van der Waals surface area contributed by atoms with Crippen molar-refractivity contribution in [2.75, 3.05) is 0 Å². The zero-order chi connectivity index (χ0) is 89.1. The molecule has 17 rings (SSSR count). The van der Waals surface area contributed by atoms with Crippen LogP contribution in [-0.4, -0.2) is 103 Å². The van der Waals surface area contributed by atoms with Gasteiger partial charge in [-0.25, -0.2) is 13.6 Å². The minimum absolute atomic E-state index is 0. The number of hydrogen-bond acceptors (Lipinski definition) is 22. The van der Waals surface area contributed by atoms with E-state index >= 15 is 0 Å². The number of nitrogens with two attached hydrogens (primary N) is 4. The largest absolute Gasteiger partial charge is 1.00 e. The van der Waals surface area contributed by atoms with Crippen molar-refractivity contribution in [2.24, 2.45) is 22.9 Å². The van der Waals surface area contributed by atoms with Crippen LogP contribution < -0.4 is 118 Å². The van der Waals surface area contributed by atoms with E-state index in [2.05, 4.69) is 16.7 Å². The number of primary amides is 3. The summed E-state index contributed by atoms with van der Waals surface area (Å²) in [5.41, 5.74) is 26.3. The van der Waals surface area contributed by atoms with Crippen molar-refractivity contribution in [3.05, 3.63) is 371 Å². The molecule has 0 spiro atoms. The van der Waals surface area contributed by atoms with Gasteiger partial charge in [-0.2, -0.15) is 10.5 Å². The molecular weight excluding hydrogens is 1660 g/mol. The van der Waals surface area contributed by atoms with Gasteiger partial charge in [-0.1, -0.05) is 188 Å². The van der Waals surface area contributed by atoms with Crippen molar-refractivity contribution in [1.82, 2.24) is 10.6 Å². The van der Waals surface area contributed by atoms with Crippen LogP contribution in [0, 0.1) is 34.3 Å². The number of carbonyl (C=O) groups is 7. The molecule has 0 saturated carbocycles. The van der Waals surface area contributed by atoms with Crippen LogP contribution in [0.3, 0.4) is 0 Å². The molecule has 28 nitrogen and oxygen atoms in total. The van der Waals surface area contributed by atoms with Crippen molar-refractivity contribution in [2.45, 2.75) is 56.0 Å². The summed E-state index contributed by atoms with van der Waals surface area (Å²) >= 11 is 0. The van der Waals surface area contributed by atoms with Crippen LogP contribution in [0.25, 0.3) is 0 Å². The first kappa shape index (κ1) is 95.7. The summed E-state index contributed by atoms with van der Waals surface area (Å²) in [4.78, 5) is 83.2. The summed E-state index contributed by atoms with van der Waals surface area (Å²) in [6.07, 6.45) is -1.43. The maximum atomic E-state index is 13.0. The van der Waals surface area contributed by atoms with Gasteiger partial charge in [0.1, 0.15) is 35.8 Å². The van der Waals surface area contributed by atoms with E-state index in [9.17, 15) is 52.6 Å². The standard InChI is InChI=1S/C23H20N2O5.C23H18N2O5.C14H10O3.C13H7NO2.C10H14N2O2.C7H3F2N.C6H6O2.K.H2O/c2*24-22(27)20(26)16(13-14-7-2-1-3-8-14)25-23(28)15-9-6-12-19-21(15)30-18-11-5-4-10-17(18)29-19;15-14(16)10-5-3-7-13-11(10)8-9-4-1-2-6-12(9)17-13;14-8-9-4-3-7-12-13(9)16-11-6-2-1-5-10(11)15-12;11-8(9(13)10(12)14)6-7-4-2-1-3-5-7;8-6-3-1-2-5(4-10)7(6)9;7-5-3-1-2-4-6(5)8;;/h1-12,16,20,26H,13H2,(H2,24,27)(H,25,28);1-12,16H,13H2,(H2,24,27)(H,25,28);1-7H,8H2,(H,15,16);1-7H;1-5,8-9,13H,6,11H2,(H2,12,14);1-3H;1-4,7-8H;;1H2/q;;;;;;;+1;/p-1. The molecule has 0 fully saturated rings. The predicted molar refractivity (Wildman–Crippen MR) is 455 cm³/mol. The number of nitrogens with one attached hydrogen (secondary N) is 2. The Kier molecular flexibility index (Phi) is 34.9. The number of amides is 5. The number of aromatic carboxylic acids is 1. The Bertz CT molecular complexity index is 6150. The average Bonchev–Trinajstić information content (AvgIpc) is 0.834. The number of aliphatic hydroxyl groups is 2. The van der Waals surface area contributed by atoms with Crippen LogP contribution in [0.4, 0.5) is 8.78 Å². The number of carbonyl (C=O) groups excluding carboxylic acids is 6. The Morgan fingerprint density at radius 1 is 0.394 bits per heavy atom. The van der Waals surface area contributed by atoms with Gasteiger partial charge in [-0.05, 0) is 150 Å². The van der Waals surface area contributed by atoms with Gasteiger partial charge in [0.05, 0.1) is 33.9 Å². The number of rotatable bonds is 17. The molecule has 0 saturated heterocycles. The molecule has 127 heavy (non-hydrogen) atoms. The molecule has 0 aromatic heterocycles. The van der Waals surface area contributed by atoms with E-state index in [1.807, 2.05) is 127 Å². The Balaban J connectivity index is 0.000000174. The summed E-state index contributed by atoms with van der Waals surface area (Å²) in [5.74, 6) is -0.763. The third-order valence-electron chi connectivity index (χ3n) is 18.7. The molecule has 31 heteroatoms. The van der Waals surface area contributed by atoms with Gasteiger partial charge in [0.25, 0.3) is 17.7 Å². The van der Waals surface area contributed by atoms with Crippen LogP contribution >= 0.6 is 0 Å². The zero-order valence-corrected chi connectivity index (χ0v) is 70.6. The Morgan fingerprint density at radius 2 is 0.748 bits per heavy atom. The molecule has 4 heterocycles. The van der Waals surface area contributed by atoms with Crippen molar-refractivity contribution in [3.63, 3.8) is 0 Å². The number of ketones is 1. The van der Waals surface area contributed by atoms with Crippen LogP contribution in [0.5, 0.6) is 92.0 Å². The van der Waals surface area contributed by atoms with E-state index in [1.165, 1.54) is 30.3 Å². The predicted octanol–water partition coefficient (Wildman–Crippen LogP) is 11.5. The monoisotopic (exact) mass is 1740 g/mol. The molecule has 0 bridgehead atoms. The number of nitrogens with zero attached hydrogens (tertiary/aromatic N) is 2. The first-order valence-electron chi connectivity index (χ1n) is 38.2. The minimum atomic E-state index is -1.55. The smallest absolute Gasteiger partial charge is 0.870 e. The number of phenols is 2. The van der Waals surface area contributed by atoms with Gasteiger partial charge in [-0.15, -0.1) is 0 Å². The molecule has 0 aliphatic carbocycles. The maximum Gasteiger partial charge on any atom is 1.00 e. The number of carboxylic acid groups (broad SMARTS) is 1. The molecule has 16 N–H and O–H groups in total. The zero-order valence-electron chi connectivity index (χ0n) is 67.4. The fourth-order valence-electron chi connectivity index (χ4n) is 12.5.